The summed E-state index contributed by atoms with van der Waals surface area (Å²) in [6.07, 6.45) is 5.44. The molecule has 8 heteroatoms. The molecule has 3 amide bonds. The molecule has 0 saturated carbocycles. The first-order chi connectivity index (χ1) is 15.1. The van der Waals surface area contributed by atoms with Gasteiger partial charge in [0.2, 0.25) is 0 Å². The molecule has 0 aliphatic carbocycles. The Kier molecular flexibility index (Phi) is 6.96. The van der Waals surface area contributed by atoms with E-state index >= 15 is 0 Å². The molecule has 2 fully saturated rings. The van der Waals surface area contributed by atoms with Crippen LogP contribution in [0.2, 0.25) is 0 Å². The summed E-state index contributed by atoms with van der Waals surface area (Å²) in [6.45, 7) is 5.61. The van der Waals surface area contributed by atoms with Crippen molar-refractivity contribution in [2.24, 2.45) is 5.92 Å². The van der Waals surface area contributed by atoms with Crippen molar-refractivity contribution in [3.05, 3.63) is 24.3 Å². The van der Waals surface area contributed by atoms with Crippen molar-refractivity contribution in [2.75, 3.05) is 44.8 Å². The van der Waals surface area contributed by atoms with Gasteiger partial charge in [-0.05, 0) is 75.4 Å². The lowest BCUT2D eigenvalue weighted by Crippen LogP contribution is -2.56. The standard InChI is InChI=1S/C23H33N3O4S/c1-3-23(17-9-12-25(13-10-17)11-6-14-31-2)21(27)26(22(28)24-23)15-18-16-29-19-7-4-5-8-20(19)30-18/h4-5,7-8,17-18H,3,6,9-16H2,1-2H3,(H,24,28). The summed E-state index contributed by atoms with van der Waals surface area (Å²) in [7, 11) is 0. The van der Waals surface area contributed by atoms with Crippen LogP contribution >= 0.6 is 11.8 Å². The van der Waals surface area contributed by atoms with Crippen LogP contribution in [0.25, 0.3) is 0 Å². The van der Waals surface area contributed by atoms with Gasteiger partial charge in [0.05, 0.1) is 6.54 Å². The Morgan fingerprint density at radius 1 is 1.19 bits per heavy atom. The summed E-state index contributed by atoms with van der Waals surface area (Å²) in [5.41, 5.74) is -0.796. The van der Waals surface area contributed by atoms with E-state index in [2.05, 4.69) is 16.5 Å². The number of carbonyl (C=O) groups excluding carboxylic acids is 2. The van der Waals surface area contributed by atoms with Gasteiger partial charge in [-0.2, -0.15) is 11.8 Å². The Labute approximate surface area is 188 Å². The number of piperidine rings is 1. The number of nitrogens with zero attached hydrogens (tertiary/aromatic N) is 2. The minimum Gasteiger partial charge on any atom is -0.486 e. The lowest BCUT2D eigenvalue weighted by molar-refractivity contribution is -0.135. The molecular weight excluding hydrogens is 414 g/mol. The van der Waals surface area contributed by atoms with Crippen LogP contribution < -0.4 is 14.8 Å². The molecule has 3 aliphatic rings. The zero-order chi connectivity index (χ0) is 21.8. The van der Waals surface area contributed by atoms with Crippen LogP contribution in [0, 0.1) is 5.92 Å². The largest absolute Gasteiger partial charge is 0.486 e. The third-order valence-electron chi connectivity index (χ3n) is 6.82. The lowest BCUT2D eigenvalue weighted by atomic mass is 9.75. The van der Waals surface area contributed by atoms with Crippen molar-refractivity contribution in [2.45, 2.75) is 44.2 Å². The minimum absolute atomic E-state index is 0.108. The van der Waals surface area contributed by atoms with E-state index in [1.54, 1.807) is 0 Å². The molecule has 0 spiro atoms. The first-order valence-electron chi connectivity index (χ1n) is 11.3. The Balaban J connectivity index is 1.38. The van der Waals surface area contributed by atoms with Gasteiger partial charge < -0.3 is 19.7 Å². The number of thioether (sulfide) groups is 1. The van der Waals surface area contributed by atoms with Crippen molar-refractivity contribution in [1.29, 1.82) is 0 Å². The fraction of sp³-hybridized carbons (Fsp3) is 0.652. The molecule has 1 aromatic rings. The first-order valence-corrected chi connectivity index (χ1v) is 12.7. The topological polar surface area (TPSA) is 71.1 Å². The maximum absolute atomic E-state index is 13.5. The fourth-order valence-electron chi connectivity index (χ4n) is 5.05. The molecule has 1 aromatic carbocycles. The number of para-hydroxylation sites is 2. The van der Waals surface area contributed by atoms with Gasteiger partial charge in [0.15, 0.2) is 17.6 Å². The second-order valence-corrected chi connectivity index (χ2v) is 9.62. The van der Waals surface area contributed by atoms with Crippen molar-refractivity contribution in [3.8, 4) is 11.5 Å². The predicted molar refractivity (Wildman–Crippen MR) is 122 cm³/mol. The number of fused-ring (bicyclic) bond motifs is 1. The zero-order valence-corrected chi connectivity index (χ0v) is 19.3. The highest BCUT2D eigenvalue weighted by Crippen LogP contribution is 2.37. The number of hydrogen-bond acceptors (Lipinski definition) is 6. The smallest absolute Gasteiger partial charge is 0.325 e. The first kappa shape index (κ1) is 22.3. The quantitative estimate of drug-likeness (QED) is 0.488. The Hall–Kier alpha value is -1.93. The number of amides is 3. The normalized spacial score (nSPS) is 26.9. The molecule has 4 rings (SSSR count). The molecular formula is C23H33N3O4S. The van der Waals surface area contributed by atoms with E-state index < -0.39 is 5.54 Å². The summed E-state index contributed by atoms with van der Waals surface area (Å²) < 4.78 is 11.8. The minimum atomic E-state index is -0.796. The van der Waals surface area contributed by atoms with Crippen molar-refractivity contribution < 1.29 is 19.1 Å². The van der Waals surface area contributed by atoms with Gasteiger partial charge in [-0.1, -0.05) is 19.1 Å². The summed E-state index contributed by atoms with van der Waals surface area (Å²) in [4.78, 5) is 30.2. The fourth-order valence-corrected chi connectivity index (χ4v) is 5.47. The van der Waals surface area contributed by atoms with E-state index in [1.807, 2.05) is 43.0 Å². The van der Waals surface area contributed by atoms with Crippen LogP contribution in [0.1, 0.15) is 32.6 Å². The molecule has 31 heavy (non-hydrogen) atoms. The van der Waals surface area contributed by atoms with Gasteiger partial charge in [0, 0.05) is 0 Å². The summed E-state index contributed by atoms with van der Waals surface area (Å²) in [6, 6.07) is 7.17. The number of benzene rings is 1. The third-order valence-corrected chi connectivity index (χ3v) is 7.52. The lowest BCUT2D eigenvalue weighted by Gasteiger charge is -2.40. The number of imide groups is 1. The highest BCUT2D eigenvalue weighted by atomic mass is 32.2. The Morgan fingerprint density at radius 2 is 1.94 bits per heavy atom. The van der Waals surface area contributed by atoms with Crippen LogP contribution in [-0.2, 0) is 4.79 Å². The van der Waals surface area contributed by atoms with Crippen LogP contribution in [0.15, 0.2) is 24.3 Å². The molecule has 3 aliphatic heterocycles. The van der Waals surface area contributed by atoms with E-state index in [9.17, 15) is 9.59 Å². The van der Waals surface area contributed by atoms with Gasteiger partial charge in [0.1, 0.15) is 12.1 Å². The van der Waals surface area contributed by atoms with Crippen molar-refractivity contribution >= 4 is 23.7 Å². The average Bonchev–Trinajstić information content (AvgIpc) is 3.05. The van der Waals surface area contributed by atoms with Gasteiger partial charge in [0.25, 0.3) is 5.91 Å². The molecule has 0 radical (unpaired) electrons. The molecule has 2 atom stereocenters. The van der Waals surface area contributed by atoms with Gasteiger partial charge in [-0.25, -0.2) is 4.79 Å². The molecule has 170 valence electrons. The Bertz CT molecular complexity index is 799. The van der Waals surface area contributed by atoms with E-state index in [1.165, 1.54) is 17.1 Å². The molecule has 0 bridgehead atoms. The average molecular weight is 448 g/mol. The SMILES string of the molecule is CCC1(C2CCN(CCCSC)CC2)NC(=O)N(CC2COc3ccccc3O2)C1=O. The van der Waals surface area contributed by atoms with Crippen LogP contribution in [-0.4, -0.2) is 78.2 Å². The van der Waals surface area contributed by atoms with Crippen LogP contribution in [0.4, 0.5) is 4.79 Å². The number of ether oxygens (including phenoxy) is 2. The number of carbonyl (C=O) groups is 2. The molecule has 3 heterocycles. The number of hydrogen-bond donors (Lipinski definition) is 1. The summed E-state index contributed by atoms with van der Waals surface area (Å²) in [5, 5.41) is 3.08. The highest BCUT2D eigenvalue weighted by Gasteiger charge is 2.55. The van der Waals surface area contributed by atoms with E-state index in [0.717, 1.165) is 32.5 Å². The van der Waals surface area contributed by atoms with Crippen molar-refractivity contribution in [1.82, 2.24) is 15.1 Å². The summed E-state index contributed by atoms with van der Waals surface area (Å²) in [5.74, 6) is 2.59. The van der Waals surface area contributed by atoms with Crippen LogP contribution in [0.3, 0.4) is 0 Å². The van der Waals surface area contributed by atoms with Gasteiger partial charge in [-0.15, -0.1) is 0 Å². The molecule has 2 unspecified atom stereocenters. The maximum atomic E-state index is 13.5. The second kappa shape index (κ2) is 9.69. The second-order valence-electron chi connectivity index (χ2n) is 8.63. The van der Waals surface area contributed by atoms with Crippen LogP contribution in [0.5, 0.6) is 11.5 Å². The third kappa shape index (κ3) is 4.51. The zero-order valence-electron chi connectivity index (χ0n) is 18.5. The number of rotatable bonds is 8. The monoisotopic (exact) mass is 447 g/mol. The number of nitrogens with one attached hydrogen (secondary N) is 1. The van der Waals surface area contributed by atoms with Crippen molar-refractivity contribution in [3.63, 3.8) is 0 Å². The molecule has 1 N–H and O–H groups in total. The molecule has 2 saturated heterocycles. The van der Waals surface area contributed by atoms with E-state index in [-0.39, 0.29) is 30.5 Å². The van der Waals surface area contributed by atoms with Gasteiger partial charge >= 0.3 is 6.03 Å². The van der Waals surface area contributed by atoms with E-state index in [0.29, 0.717) is 24.5 Å². The maximum Gasteiger partial charge on any atom is 0.325 e. The summed E-state index contributed by atoms with van der Waals surface area (Å²) >= 11 is 1.88. The van der Waals surface area contributed by atoms with E-state index in [4.69, 9.17) is 9.47 Å². The van der Waals surface area contributed by atoms with Gasteiger partial charge in [-0.3, -0.25) is 9.69 Å². The number of likely N-dealkylation sites (tertiary alicyclic amines) is 1. The molecule has 7 nitrogen and oxygen atoms in total. The number of urea groups is 1. The predicted octanol–water partition coefficient (Wildman–Crippen LogP) is 2.99. The molecule has 0 aromatic heterocycles. The highest BCUT2D eigenvalue weighted by molar-refractivity contribution is 7.98. The Morgan fingerprint density at radius 3 is 2.65 bits per heavy atom.